The molecule has 0 spiro atoms. The van der Waals surface area contributed by atoms with Crippen LogP contribution in [0.5, 0.6) is 0 Å². The number of hydrogen-bond acceptors (Lipinski definition) is 6. The number of piperidine rings is 1. The van der Waals surface area contributed by atoms with Gasteiger partial charge in [0.25, 0.3) is 0 Å². The minimum Gasteiger partial charge on any atom is -0.339 e. The van der Waals surface area contributed by atoms with Crippen LogP contribution in [0.2, 0.25) is 0 Å². The molecule has 1 aliphatic heterocycles. The first-order valence-corrected chi connectivity index (χ1v) is 6.31. The second-order valence-corrected chi connectivity index (χ2v) is 4.62. The van der Waals surface area contributed by atoms with E-state index in [0.717, 1.165) is 31.8 Å². The SMILES string of the molecule is c1n[nH]nc1-c1noc(CCC2CCCNC2)n1. The molecule has 1 unspecified atom stereocenters. The summed E-state index contributed by atoms with van der Waals surface area (Å²) in [5.41, 5.74) is 0.615. The minimum atomic E-state index is 0.500. The van der Waals surface area contributed by atoms with Crippen molar-refractivity contribution in [2.75, 3.05) is 13.1 Å². The number of nitrogens with zero attached hydrogens (tertiary/aromatic N) is 4. The number of nitrogens with one attached hydrogen (secondary N) is 2. The summed E-state index contributed by atoms with van der Waals surface area (Å²) in [6.45, 7) is 2.25. The summed E-state index contributed by atoms with van der Waals surface area (Å²) in [7, 11) is 0. The fourth-order valence-corrected chi connectivity index (χ4v) is 2.27. The molecule has 0 amide bonds. The predicted molar refractivity (Wildman–Crippen MR) is 63.6 cm³/mol. The lowest BCUT2D eigenvalue weighted by molar-refractivity contribution is 0.327. The highest BCUT2D eigenvalue weighted by molar-refractivity contribution is 5.44. The van der Waals surface area contributed by atoms with Gasteiger partial charge in [-0.1, -0.05) is 5.16 Å². The van der Waals surface area contributed by atoms with Crippen LogP contribution in [0.4, 0.5) is 0 Å². The summed E-state index contributed by atoms with van der Waals surface area (Å²) in [4.78, 5) is 4.32. The average molecular weight is 248 g/mol. The van der Waals surface area contributed by atoms with Crippen molar-refractivity contribution in [1.29, 1.82) is 0 Å². The highest BCUT2D eigenvalue weighted by atomic mass is 16.5. The number of aromatic nitrogens is 5. The molecule has 2 aromatic heterocycles. The first-order valence-electron chi connectivity index (χ1n) is 6.31. The van der Waals surface area contributed by atoms with E-state index in [1.54, 1.807) is 6.20 Å². The number of rotatable bonds is 4. The molecule has 1 atom stereocenters. The minimum absolute atomic E-state index is 0.500. The Kier molecular flexibility index (Phi) is 3.31. The zero-order chi connectivity index (χ0) is 12.2. The summed E-state index contributed by atoms with van der Waals surface area (Å²) in [6, 6.07) is 0. The molecule has 0 aliphatic carbocycles. The fraction of sp³-hybridized carbons (Fsp3) is 0.636. The quantitative estimate of drug-likeness (QED) is 0.831. The number of hydrogen-bond donors (Lipinski definition) is 2. The molecule has 2 N–H and O–H groups in total. The van der Waals surface area contributed by atoms with Gasteiger partial charge in [0.15, 0.2) is 5.69 Å². The monoisotopic (exact) mass is 248 g/mol. The Labute approximate surface area is 104 Å². The number of aromatic amines is 1. The van der Waals surface area contributed by atoms with E-state index < -0.39 is 0 Å². The van der Waals surface area contributed by atoms with E-state index in [-0.39, 0.29) is 0 Å². The molecule has 0 radical (unpaired) electrons. The van der Waals surface area contributed by atoms with Gasteiger partial charge in [-0.05, 0) is 38.3 Å². The van der Waals surface area contributed by atoms with Crippen LogP contribution in [0.15, 0.2) is 10.7 Å². The van der Waals surface area contributed by atoms with Gasteiger partial charge < -0.3 is 9.84 Å². The standard InChI is InChI=1S/C11H16N6O/c1-2-8(6-12-5-1)3-4-10-14-11(16-18-10)9-7-13-17-15-9/h7-8,12H,1-6H2,(H,13,15,17). The van der Waals surface area contributed by atoms with Gasteiger partial charge in [-0.25, -0.2) is 0 Å². The molecular weight excluding hydrogens is 232 g/mol. The molecule has 96 valence electrons. The summed E-state index contributed by atoms with van der Waals surface area (Å²) in [5.74, 6) is 1.90. The molecule has 1 aliphatic rings. The van der Waals surface area contributed by atoms with E-state index in [1.165, 1.54) is 12.8 Å². The van der Waals surface area contributed by atoms with Gasteiger partial charge in [0.05, 0.1) is 6.20 Å². The van der Waals surface area contributed by atoms with Crippen molar-refractivity contribution in [3.05, 3.63) is 12.1 Å². The fourth-order valence-electron chi connectivity index (χ4n) is 2.27. The molecule has 1 saturated heterocycles. The van der Waals surface area contributed by atoms with Crippen LogP contribution in [0, 0.1) is 5.92 Å². The lowest BCUT2D eigenvalue weighted by Crippen LogP contribution is -2.29. The van der Waals surface area contributed by atoms with Crippen LogP contribution in [0.25, 0.3) is 11.5 Å². The van der Waals surface area contributed by atoms with Gasteiger partial charge in [0.1, 0.15) is 0 Å². The molecular formula is C11H16N6O. The van der Waals surface area contributed by atoms with Crippen LogP contribution >= 0.6 is 0 Å². The van der Waals surface area contributed by atoms with E-state index >= 15 is 0 Å². The molecule has 18 heavy (non-hydrogen) atoms. The van der Waals surface area contributed by atoms with Crippen molar-refractivity contribution in [3.8, 4) is 11.5 Å². The van der Waals surface area contributed by atoms with Crippen LogP contribution in [0.1, 0.15) is 25.2 Å². The molecule has 0 saturated carbocycles. The Hall–Kier alpha value is -1.76. The van der Waals surface area contributed by atoms with E-state index in [0.29, 0.717) is 17.4 Å². The summed E-state index contributed by atoms with van der Waals surface area (Å²) >= 11 is 0. The molecule has 7 nitrogen and oxygen atoms in total. The highest BCUT2D eigenvalue weighted by Gasteiger charge is 2.15. The summed E-state index contributed by atoms with van der Waals surface area (Å²) in [5, 5.41) is 17.5. The van der Waals surface area contributed by atoms with Gasteiger partial charge >= 0.3 is 0 Å². The van der Waals surface area contributed by atoms with E-state index in [1.807, 2.05) is 0 Å². The third-order valence-corrected chi connectivity index (χ3v) is 3.28. The smallest absolute Gasteiger partial charge is 0.227 e. The molecule has 3 heterocycles. The summed E-state index contributed by atoms with van der Waals surface area (Å²) in [6.07, 6.45) is 6.06. The molecule has 1 fully saturated rings. The van der Waals surface area contributed by atoms with Crippen molar-refractivity contribution in [2.45, 2.75) is 25.7 Å². The van der Waals surface area contributed by atoms with Crippen molar-refractivity contribution in [1.82, 2.24) is 30.9 Å². The highest BCUT2D eigenvalue weighted by Crippen LogP contribution is 2.17. The zero-order valence-electron chi connectivity index (χ0n) is 10.1. The molecule has 0 aromatic carbocycles. The van der Waals surface area contributed by atoms with E-state index in [4.69, 9.17) is 4.52 Å². The van der Waals surface area contributed by atoms with Crippen molar-refractivity contribution >= 4 is 0 Å². The maximum Gasteiger partial charge on any atom is 0.227 e. The van der Waals surface area contributed by atoms with Gasteiger partial charge in [-0.2, -0.15) is 20.4 Å². The largest absolute Gasteiger partial charge is 0.339 e. The number of H-pyrrole nitrogens is 1. The van der Waals surface area contributed by atoms with Crippen LogP contribution in [-0.4, -0.2) is 38.6 Å². The number of aryl methyl sites for hydroxylation is 1. The van der Waals surface area contributed by atoms with Crippen LogP contribution in [-0.2, 0) is 6.42 Å². The predicted octanol–water partition coefficient (Wildman–Crippen LogP) is 0.787. The van der Waals surface area contributed by atoms with Crippen molar-refractivity contribution in [2.24, 2.45) is 5.92 Å². The first kappa shape index (κ1) is 11.3. The van der Waals surface area contributed by atoms with E-state index in [9.17, 15) is 0 Å². The van der Waals surface area contributed by atoms with Crippen molar-refractivity contribution in [3.63, 3.8) is 0 Å². The Morgan fingerprint density at radius 2 is 2.44 bits per heavy atom. The summed E-state index contributed by atoms with van der Waals surface area (Å²) < 4.78 is 5.22. The Morgan fingerprint density at radius 1 is 1.44 bits per heavy atom. The Bertz CT molecular complexity index is 473. The van der Waals surface area contributed by atoms with Crippen LogP contribution in [0.3, 0.4) is 0 Å². The third-order valence-electron chi connectivity index (χ3n) is 3.28. The van der Waals surface area contributed by atoms with Crippen LogP contribution < -0.4 is 5.32 Å². The molecule has 0 bridgehead atoms. The average Bonchev–Trinajstić information content (AvgIpc) is 3.08. The maximum absolute atomic E-state index is 5.22. The molecule has 2 aromatic rings. The Morgan fingerprint density at radius 3 is 3.22 bits per heavy atom. The zero-order valence-corrected chi connectivity index (χ0v) is 10.1. The third kappa shape index (κ3) is 2.56. The second-order valence-electron chi connectivity index (χ2n) is 4.62. The molecule has 3 rings (SSSR count). The van der Waals surface area contributed by atoms with Gasteiger partial charge in [0.2, 0.25) is 11.7 Å². The maximum atomic E-state index is 5.22. The van der Waals surface area contributed by atoms with Gasteiger partial charge in [-0.3, -0.25) is 0 Å². The van der Waals surface area contributed by atoms with Gasteiger partial charge in [0, 0.05) is 6.42 Å². The van der Waals surface area contributed by atoms with Gasteiger partial charge in [-0.15, -0.1) is 0 Å². The molecule has 7 heteroatoms. The first-order chi connectivity index (χ1) is 8.92. The van der Waals surface area contributed by atoms with Crippen molar-refractivity contribution < 1.29 is 4.52 Å². The lowest BCUT2D eigenvalue weighted by Gasteiger charge is -2.21. The van der Waals surface area contributed by atoms with E-state index in [2.05, 4.69) is 30.9 Å². The topological polar surface area (TPSA) is 92.5 Å². The lowest BCUT2D eigenvalue weighted by atomic mass is 9.95. The normalized spacial score (nSPS) is 20.1. The second kappa shape index (κ2) is 5.26. The Balaban J connectivity index is 1.57.